The van der Waals surface area contributed by atoms with E-state index in [2.05, 4.69) is 4.72 Å². The van der Waals surface area contributed by atoms with E-state index in [4.69, 9.17) is 27.9 Å². The fourth-order valence-corrected chi connectivity index (χ4v) is 3.17. The number of nitrogens with one attached hydrogen (secondary N) is 1. The molecule has 0 aliphatic carbocycles. The normalized spacial score (nSPS) is 11.4. The predicted octanol–water partition coefficient (Wildman–Crippen LogP) is 3.66. The van der Waals surface area contributed by atoms with Crippen molar-refractivity contribution in [1.29, 1.82) is 0 Å². The van der Waals surface area contributed by atoms with Crippen LogP contribution >= 0.6 is 23.2 Å². The highest BCUT2D eigenvalue weighted by Crippen LogP contribution is 2.19. The second-order valence-electron chi connectivity index (χ2n) is 4.61. The van der Waals surface area contributed by atoms with Gasteiger partial charge in [0.2, 0.25) is 10.0 Å². The van der Waals surface area contributed by atoms with E-state index >= 15 is 0 Å². The summed E-state index contributed by atoms with van der Waals surface area (Å²) in [4.78, 5) is 0.178. The second kappa shape index (κ2) is 7.33. The van der Waals surface area contributed by atoms with Crippen molar-refractivity contribution >= 4 is 33.2 Å². The average molecular weight is 360 g/mol. The Morgan fingerprint density at radius 1 is 1.14 bits per heavy atom. The van der Waals surface area contributed by atoms with E-state index in [1.54, 1.807) is 37.3 Å². The van der Waals surface area contributed by atoms with Crippen LogP contribution < -0.4 is 9.46 Å². The first-order valence-electron chi connectivity index (χ1n) is 6.53. The summed E-state index contributed by atoms with van der Waals surface area (Å²) >= 11 is 11.7. The molecule has 2 aromatic rings. The van der Waals surface area contributed by atoms with E-state index in [9.17, 15) is 8.42 Å². The van der Waals surface area contributed by atoms with Crippen LogP contribution in [-0.4, -0.2) is 21.6 Å². The van der Waals surface area contributed by atoms with E-state index in [1.165, 1.54) is 12.1 Å². The van der Waals surface area contributed by atoms with Gasteiger partial charge in [0.15, 0.2) is 0 Å². The van der Waals surface area contributed by atoms with Crippen LogP contribution in [0.25, 0.3) is 0 Å². The third-order valence-electron chi connectivity index (χ3n) is 2.90. The number of sulfonamides is 1. The SMILES string of the molecule is Cc1cc(S(=O)(=O)NCCOc2cccc(Cl)c2)ccc1Cl. The molecule has 118 valence electrons. The molecule has 0 radical (unpaired) electrons. The maximum atomic E-state index is 12.1. The van der Waals surface area contributed by atoms with Crippen LogP contribution in [-0.2, 0) is 10.0 Å². The van der Waals surface area contributed by atoms with E-state index in [0.29, 0.717) is 21.4 Å². The molecule has 0 saturated carbocycles. The Morgan fingerprint density at radius 3 is 2.59 bits per heavy atom. The van der Waals surface area contributed by atoms with Crippen molar-refractivity contribution < 1.29 is 13.2 Å². The third-order valence-corrected chi connectivity index (χ3v) is 5.02. The van der Waals surface area contributed by atoms with Gasteiger partial charge in [-0.3, -0.25) is 0 Å². The van der Waals surface area contributed by atoms with Crippen LogP contribution in [0.5, 0.6) is 5.75 Å². The highest BCUT2D eigenvalue weighted by Gasteiger charge is 2.14. The number of ether oxygens (including phenoxy) is 1. The molecule has 7 heteroatoms. The van der Waals surface area contributed by atoms with Crippen molar-refractivity contribution in [2.75, 3.05) is 13.2 Å². The molecule has 0 aliphatic heterocycles. The van der Waals surface area contributed by atoms with Crippen LogP contribution in [0.15, 0.2) is 47.4 Å². The summed E-state index contributed by atoms with van der Waals surface area (Å²) in [5.74, 6) is 0.592. The maximum Gasteiger partial charge on any atom is 0.240 e. The summed E-state index contributed by atoms with van der Waals surface area (Å²) in [6.45, 7) is 2.10. The number of aryl methyl sites for hydroxylation is 1. The van der Waals surface area contributed by atoms with E-state index in [-0.39, 0.29) is 18.0 Å². The first-order chi connectivity index (χ1) is 10.4. The number of halogens is 2. The summed E-state index contributed by atoms with van der Waals surface area (Å²) in [7, 11) is -3.58. The topological polar surface area (TPSA) is 55.4 Å². The number of hydrogen-bond acceptors (Lipinski definition) is 3. The Balaban J connectivity index is 1.91. The summed E-state index contributed by atoms with van der Waals surface area (Å²) in [6, 6.07) is 11.5. The highest BCUT2D eigenvalue weighted by molar-refractivity contribution is 7.89. The maximum absolute atomic E-state index is 12.1. The average Bonchev–Trinajstić information content (AvgIpc) is 2.46. The van der Waals surface area contributed by atoms with Crippen LogP contribution in [0.3, 0.4) is 0 Å². The molecule has 0 fully saturated rings. The molecule has 0 aliphatic rings. The summed E-state index contributed by atoms with van der Waals surface area (Å²) in [5, 5.41) is 1.10. The van der Waals surface area contributed by atoms with Gasteiger partial charge in [0.25, 0.3) is 0 Å². The quantitative estimate of drug-likeness (QED) is 0.800. The monoisotopic (exact) mass is 359 g/mol. The van der Waals surface area contributed by atoms with Gasteiger partial charge in [-0.2, -0.15) is 0 Å². The molecule has 0 bridgehead atoms. The fraction of sp³-hybridized carbons (Fsp3) is 0.200. The Kier molecular flexibility index (Phi) is 5.69. The molecule has 0 amide bonds. The molecule has 0 atom stereocenters. The predicted molar refractivity (Wildman–Crippen MR) is 88.3 cm³/mol. The number of rotatable bonds is 6. The van der Waals surface area contributed by atoms with Gasteiger partial charge in [-0.15, -0.1) is 0 Å². The van der Waals surface area contributed by atoms with Crippen molar-refractivity contribution in [2.45, 2.75) is 11.8 Å². The number of benzene rings is 2. The first-order valence-corrected chi connectivity index (χ1v) is 8.76. The lowest BCUT2D eigenvalue weighted by Crippen LogP contribution is -2.28. The molecule has 1 N–H and O–H groups in total. The highest BCUT2D eigenvalue weighted by atomic mass is 35.5. The van der Waals surface area contributed by atoms with Crippen LogP contribution in [0, 0.1) is 6.92 Å². The first kappa shape index (κ1) is 17.1. The zero-order chi connectivity index (χ0) is 16.2. The van der Waals surface area contributed by atoms with Gasteiger partial charge in [0.1, 0.15) is 12.4 Å². The van der Waals surface area contributed by atoms with Crippen molar-refractivity contribution in [2.24, 2.45) is 0 Å². The van der Waals surface area contributed by atoms with Gasteiger partial charge in [-0.1, -0.05) is 29.3 Å². The molecular weight excluding hydrogens is 345 g/mol. The smallest absolute Gasteiger partial charge is 0.240 e. The molecule has 0 aromatic heterocycles. The molecule has 2 aromatic carbocycles. The van der Waals surface area contributed by atoms with Gasteiger partial charge >= 0.3 is 0 Å². The lowest BCUT2D eigenvalue weighted by atomic mass is 10.2. The van der Waals surface area contributed by atoms with E-state index in [1.807, 2.05) is 0 Å². The minimum absolute atomic E-state index is 0.149. The van der Waals surface area contributed by atoms with Crippen LogP contribution in [0.1, 0.15) is 5.56 Å². The lowest BCUT2D eigenvalue weighted by molar-refractivity contribution is 0.323. The van der Waals surface area contributed by atoms with E-state index < -0.39 is 10.0 Å². The Hall–Kier alpha value is -1.27. The van der Waals surface area contributed by atoms with Crippen molar-refractivity contribution in [3.8, 4) is 5.75 Å². The van der Waals surface area contributed by atoms with Gasteiger partial charge in [-0.05, 0) is 48.9 Å². The minimum atomic E-state index is -3.58. The molecule has 2 rings (SSSR count). The second-order valence-corrected chi connectivity index (χ2v) is 7.23. The Morgan fingerprint density at radius 2 is 1.91 bits per heavy atom. The molecule has 0 saturated heterocycles. The third kappa shape index (κ3) is 4.61. The number of hydrogen-bond donors (Lipinski definition) is 1. The van der Waals surface area contributed by atoms with Crippen molar-refractivity contribution in [3.05, 3.63) is 58.1 Å². The van der Waals surface area contributed by atoms with Gasteiger partial charge in [0.05, 0.1) is 4.90 Å². The zero-order valence-corrected chi connectivity index (χ0v) is 14.2. The van der Waals surface area contributed by atoms with Crippen molar-refractivity contribution in [1.82, 2.24) is 4.72 Å². The fourth-order valence-electron chi connectivity index (χ4n) is 1.77. The summed E-state index contributed by atoms with van der Waals surface area (Å²) < 4.78 is 32.2. The standard InChI is InChI=1S/C15H15Cl2NO3S/c1-11-9-14(5-6-15(11)17)22(19,20)18-7-8-21-13-4-2-3-12(16)10-13/h2-6,9-10,18H,7-8H2,1H3. The van der Waals surface area contributed by atoms with Crippen molar-refractivity contribution in [3.63, 3.8) is 0 Å². The summed E-state index contributed by atoms with van der Waals surface area (Å²) in [5.41, 5.74) is 0.708. The van der Waals surface area contributed by atoms with E-state index in [0.717, 1.165) is 0 Å². The van der Waals surface area contributed by atoms with Gasteiger partial charge < -0.3 is 4.74 Å². The summed E-state index contributed by atoms with van der Waals surface area (Å²) in [6.07, 6.45) is 0. The Labute approximate surface area is 140 Å². The Bertz CT molecular complexity index is 763. The largest absolute Gasteiger partial charge is 0.492 e. The molecule has 0 heterocycles. The zero-order valence-electron chi connectivity index (χ0n) is 11.8. The van der Waals surface area contributed by atoms with Crippen LogP contribution in [0.2, 0.25) is 10.0 Å². The minimum Gasteiger partial charge on any atom is -0.492 e. The molecule has 0 spiro atoms. The molecule has 4 nitrogen and oxygen atoms in total. The molecule has 22 heavy (non-hydrogen) atoms. The molecule has 0 unspecified atom stereocenters. The van der Waals surface area contributed by atoms with Crippen LogP contribution in [0.4, 0.5) is 0 Å². The van der Waals surface area contributed by atoms with Gasteiger partial charge in [0, 0.05) is 16.6 Å². The lowest BCUT2D eigenvalue weighted by Gasteiger charge is -2.09. The molecular formula is C15H15Cl2NO3S. The van der Waals surface area contributed by atoms with Gasteiger partial charge in [-0.25, -0.2) is 13.1 Å².